The molecule has 0 aliphatic carbocycles. The number of rotatable bonds is 9. The molecule has 0 spiro atoms. The Balaban J connectivity index is 1.69. The Bertz CT molecular complexity index is 657. The summed E-state index contributed by atoms with van der Waals surface area (Å²) in [6.45, 7) is 2.00. The lowest BCUT2D eigenvalue weighted by Gasteiger charge is -2.11. The summed E-state index contributed by atoms with van der Waals surface area (Å²) in [5.74, 6) is 1.37. The third kappa shape index (κ3) is 7.74. The van der Waals surface area contributed by atoms with Gasteiger partial charge in [-0.3, -0.25) is 4.79 Å². The number of nitrogens with one attached hydrogen (secondary N) is 1. The number of ether oxygens (including phenoxy) is 2. The zero-order chi connectivity index (χ0) is 18.1. The van der Waals surface area contributed by atoms with Gasteiger partial charge in [0.2, 0.25) is 0 Å². The quantitative estimate of drug-likeness (QED) is 0.593. The van der Waals surface area contributed by atoms with E-state index in [0.29, 0.717) is 18.9 Å². The molecule has 0 aliphatic heterocycles. The van der Waals surface area contributed by atoms with E-state index < -0.39 is 0 Å². The maximum Gasteiger partial charge on any atom is 0.258 e. The number of carbonyl (C=O) groups excluding carboxylic acids is 1. The van der Waals surface area contributed by atoms with Gasteiger partial charge in [0.05, 0.1) is 0 Å². The van der Waals surface area contributed by atoms with Crippen LogP contribution in [-0.4, -0.2) is 44.7 Å². The molecular formula is C19H23IN2O3. The molecule has 0 unspecified atom stereocenters. The van der Waals surface area contributed by atoms with E-state index in [1.807, 2.05) is 62.6 Å². The monoisotopic (exact) mass is 454 g/mol. The van der Waals surface area contributed by atoms with E-state index in [0.717, 1.165) is 21.4 Å². The standard InChI is InChI=1S/C19H23IN2O3/c1-22(2)11-12-24-17-7-3-15(4-8-17)13-21-19(23)14-25-18-9-5-16(20)6-10-18/h3-10H,11-14H2,1-2H3,(H,21,23). The summed E-state index contributed by atoms with van der Waals surface area (Å²) in [4.78, 5) is 13.9. The van der Waals surface area contributed by atoms with Crippen molar-refractivity contribution in [3.63, 3.8) is 0 Å². The number of nitrogens with zero attached hydrogens (tertiary/aromatic N) is 1. The minimum absolute atomic E-state index is 0.00627. The normalized spacial score (nSPS) is 10.6. The zero-order valence-corrected chi connectivity index (χ0v) is 16.7. The molecule has 0 saturated carbocycles. The van der Waals surface area contributed by atoms with Gasteiger partial charge in [0.15, 0.2) is 6.61 Å². The van der Waals surface area contributed by atoms with Crippen molar-refractivity contribution < 1.29 is 14.3 Å². The van der Waals surface area contributed by atoms with Gasteiger partial charge in [-0.1, -0.05) is 12.1 Å². The van der Waals surface area contributed by atoms with Gasteiger partial charge in [0.1, 0.15) is 18.1 Å². The molecule has 0 heterocycles. The van der Waals surface area contributed by atoms with Crippen LogP contribution >= 0.6 is 22.6 Å². The minimum Gasteiger partial charge on any atom is -0.492 e. The number of benzene rings is 2. The Hall–Kier alpha value is -1.80. The van der Waals surface area contributed by atoms with Crippen LogP contribution in [0.3, 0.4) is 0 Å². The van der Waals surface area contributed by atoms with Crippen LogP contribution in [0.4, 0.5) is 0 Å². The minimum atomic E-state index is -0.148. The van der Waals surface area contributed by atoms with Crippen LogP contribution in [0, 0.1) is 3.57 Å². The molecule has 0 aliphatic rings. The smallest absolute Gasteiger partial charge is 0.258 e. The van der Waals surface area contributed by atoms with Gasteiger partial charge in [-0.15, -0.1) is 0 Å². The molecular weight excluding hydrogens is 431 g/mol. The van der Waals surface area contributed by atoms with E-state index in [9.17, 15) is 4.79 Å². The molecule has 0 fully saturated rings. The highest BCUT2D eigenvalue weighted by molar-refractivity contribution is 14.1. The molecule has 6 heteroatoms. The van der Waals surface area contributed by atoms with Crippen LogP contribution in [0.15, 0.2) is 48.5 Å². The fourth-order valence-electron chi connectivity index (χ4n) is 1.98. The van der Waals surface area contributed by atoms with Crippen molar-refractivity contribution in [2.75, 3.05) is 33.9 Å². The molecule has 134 valence electrons. The highest BCUT2D eigenvalue weighted by atomic mass is 127. The lowest BCUT2D eigenvalue weighted by atomic mass is 10.2. The number of hydrogen-bond donors (Lipinski definition) is 1. The van der Waals surface area contributed by atoms with E-state index in [1.54, 1.807) is 0 Å². The molecule has 2 aromatic rings. The molecule has 0 aromatic heterocycles. The largest absolute Gasteiger partial charge is 0.492 e. The second kappa shape index (κ2) is 10.2. The average molecular weight is 454 g/mol. The van der Waals surface area contributed by atoms with Crippen molar-refractivity contribution in [2.24, 2.45) is 0 Å². The summed E-state index contributed by atoms with van der Waals surface area (Å²) < 4.78 is 12.2. The Labute approximate surface area is 162 Å². The van der Waals surface area contributed by atoms with Crippen LogP contribution in [0.2, 0.25) is 0 Å². The lowest BCUT2D eigenvalue weighted by molar-refractivity contribution is -0.123. The molecule has 5 nitrogen and oxygen atoms in total. The second-order valence-corrected chi connectivity index (χ2v) is 7.06. The van der Waals surface area contributed by atoms with Crippen LogP contribution in [0.1, 0.15) is 5.56 Å². The first-order chi connectivity index (χ1) is 12.0. The van der Waals surface area contributed by atoms with Crippen LogP contribution in [0.5, 0.6) is 11.5 Å². The van der Waals surface area contributed by atoms with Gasteiger partial charge in [-0.05, 0) is 78.6 Å². The molecule has 0 saturated heterocycles. The van der Waals surface area contributed by atoms with Crippen molar-refractivity contribution in [3.05, 3.63) is 57.7 Å². The summed E-state index contributed by atoms with van der Waals surface area (Å²) in [6, 6.07) is 15.3. The van der Waals surface area contributed by atoms with Crippen molar-refractivity contribution in [1.82, 2.24) is 10.2 Å². The summed E-state index contributed by atoms with van der Waals surface area (Å²) in [5.41, 5.74) is 1.02. The third-order valence-corrected chi connectivity index (χ3v) is 4.12. The maximum absolute atomic E-state index is 11.9. The predicted molar refractivity (Wildman–Crippen MR) is 107 cm³/mol. The van der Waals surface area contributed by atoms with Crippen molar-refractivity contribution in [2.45, 2.75) is 6.54 Å². The SMILES string of the molecule is CN(C)CCOc1ccc(CNC(=O)COc2ccc(I)cc2)cc1. The van der Waals surface area contributed by atoms with Crippen LogP contribution in [0.25, 0.3) is 0 Å². The highest BCUT2D eigenvalue weighted by Crippen LogP contribution is 2.14. The number of amides is 1. The zero-order valence-electron chi connectivity index (χ0n) is 14.5. The van der Waals surface area contributed by atoms with E-state index in [4.69, 9.17) is 9.47 Å². The summed E-state index contributed by atoms with van der Waals surface area (Å²) >= 11 is 2.22. The summed E-state index contributed by atoms with van der Waals surface area (Å²) in [5, 5.41) is 2.85. The number of hydrogen-bond acceptors (Lipinski definition) is 4. The van der Waals surface area contributed by atoms with E-state index in [2.05, 4.69) is 32.8 Å². The highest BCUT2D eigenvalue weighted by Gasteiger charge is 2.03. The van der Waals surface area contributed by atoms with Crippen molar-refractivity contribution in [3.8, 4) is 11.5 Å². The Kier molecular flexibility index (Phi) is 8.00. The predicted octanol–water partition coefficient (Wildman–Crippen LogP) is 2.93. The molecule has 1 amide bonds. The lowest BCUT2D eigenvalue weighted by Crippen LogP contribution is -2.28. The Morgan fingerprint density at radius 1 is 1.00 bits per heavy atom. The molecule has 0 radical (unpaired) electrons. The maximum atomic E-state index is 11.9. The number of likely N-dealkylation sites (N-methyl/N-ethyl adjacent to an activating group) is 1. The third-order valence-electron chi connectivity index (χ3n) is 3.40. The molecule has 25 heavy (non-hydrogen) atoms. The molecule has 1 N–H and O–H groups in total. The Morgan fingerprint density at radius 2 is 1.60 bits per heavy atom. The van der Waals surface area contributed by atoms with E-state index in [-0.39, 0.29) is 12.5 Å². The molecule has 2 aromatic carbocycles. The molecule has 0 bridgehead atoms. The summed E-state index contributed by atoms with van der Waals surface area (Å²) in [6.07, 6.45) is 0. The van der Waals surface area contributed by atoms with Crippen molar-refractivity contribution >= 4 is 28.5 Å². The van der Waals surface area contributed by atoms with Gasteiger partial charge in [-0.25, -0.2) is 0 Å². The summed E-state index contributed by atoms with van der Waals surface area (Å²) in [7, 11) is 4.02. The van der Waals surface area contributed by atoms with Gasteiger partial charge in [0, 0.05) is 16.7 Å². The van der Waals surface area contributed by atoms with E-state index >= 15 is 0 Å². The number of halogens is 1. The first-order valence-corrected chi connectivity index (χ1v) is 9.12. The van der Waals surface area contributed by atoms with E-state index in [1.165, 1.54) is 0 Å². The van der Waals surface area contributed by atoms with Gasteiger partial charge in [0.25, 0.3) is 5.91 Å². The average Bonchev–Trinajstić information content (AvgIpc) is 2.60. The number of carbonyl (C=O) groups is 1. The fourth-order valence-corrected chi connectivity index (χ4v) is 2.34. The van der Waals surface area contributed by atoms with Gasteiger partial charge >= 0.3 is 0 Å². The van der Waals surface area contributed by atoms with Crippen LogP contribution in [-0.2, 0) is 11.3 Å². The van der Waals surface area contributed by atoms with Crippen molar-refractivity contribution in [1.29, 1.82) is 0 Å². The molecule has 0 atom stereocenters. The van der Waals surface area contributed by atoms with Crippen LogP contribution < -0.4 is 14.8 Å². The fraction of sp³-hybridized carbons (Fsp3) is 0.316. The first-order valence-electron chi connectivity index (χ1n) is 8.04. The van der Waals surface area contributed by atoms with Gasteiger partial charge < -0.3 is 19.7 Å². The molecule has 2 rings (SSSR count). The second-order valence-electron chi connectivity index (χ2n) is 5.82. The first kappa shape index (κ1) is 19.5. The Morgan fingerprint density at radius 3 is 2.24 bits per heavy atom. The van der Waals surface area contributed by atoms with Gasteiger partial charge in [-0.2, -0.15) is 0 Å². The topological polar surface area (TPSA) is 50.8 Å².